The number of rotatable bonds is 7. The standard InChI is InChI=1S/C14H21ClN4O2S/c1-16-14(18-10-11-5-6-11)17-7-8-19-22(20,21)13-4-2-3-12(15)9-13/h2-4,9,11,19H,5-8,10H2,1H3,(H2,16,17,18). The molecule has 1 fully saturated rings. The number of nitrogens with one attached hydrogen (secondary N) is 3. The molecule has 1 aliphatic carbocycles. The molecule has 0 amide bonds. The van der Waals surface area contributed by atoms with Gasteiger partial charge in [-0.25, -0.2) is 13.1 Å². The minimum atomic E-state index is -3.54. The average Bonchev–Trinajstić information content (AvgIpc) is 3.31. The van der Waals surface area contributed by atoms with Gasteiger partial charge >= 0.3 is 0 Å². The summed E-state index contributed by atoms with van der Waals surface area (Å²) in [5.74, 6) is 1.44. The first-order chi connectivity index (χ1) is 10.5. The molecule has 6 nitrogen and oxygen atoms in total. The maximum atomic E-state index is 12.1. The lowest BCUT2D eigenvalue weighted by atomic mass is 10.4. The molecule has 1 aromatic carbocycles. The number of aliphatic imine (C=N–C) groups is 1. The lowest BCUT2D eigenvalue weighted by Gasteiger charge is -2.12. The van der Waals surface area contributed by atoms with Crippen molar-refractivity contribution in [3.05, 3.63) is 29.3 Å². The van der Waals surface area contributed by atoms with E-state index in [1.54, 1.807) is 19.2 Å². The van der Waals surface area contributed by atoms with Gasteiger partial charge in [0, 0.05) is 31.7 Å². The third-order valence-electron chi connectivity index (χ3n) is 3.29. The zero-order valence-electron chi connectivity index (χ0n) is 12.5. The van der Waals surface area contributed by atoms with Gasteiger partial charge in [-0.05, 0) is 37.0 Å². The number of guanidine groups is 1. The van der Waals surface area contributed by atoms with E-state index in [0.29, 0.717) is 17.5 Å². The largest absolute Gasteiger partial charge is 0.356 e. The molecule has 0 bridgehead atoms. The predicted octanol–water partition coefficient (Wildman–Crippen LogP) is 1.19. The van der Waals surface area contributed by atoms with Crippen molar-refractivity contribution in [1.29, 1.82) is 0 Å². The van der Waals surface area contributed by atoms with E-state index in [0.717, 1.165) is 12.5 Å². The average molecular weight is 345 g/mol. The Morgan fingerprint density at radius 1 is 1.32 bits per heavy atom. The summed E-state index contributed by atoms with van der Waals surface area (Å²) in [5, 5.41) is 6.68. The molecule has 22 heavy (non-hydrogen) atoms. The molecule has 0 radical (unpaired) electrons. The van der Waals surface area contributed by atoms with Gasteiger partial charge in [-0.3, -0.25) is 4.99 Å². The second kappa shape index (κ2) is 7.80. The van der Waals surface area contributed by atoms with Gasteiger partial charge < -0.3 is 10.6 Å². The first kappa shape index (κ1) is 17.1. The van der Waals surface area contributed by atoms with Crippen LogP contribution >= 0.6 is 11.6 Å². The van der Waals surface area contributed by atoms with Crippen LogP contribution in [0.4, 0.5) is 0 Å². The van der Waals surface area contributed by atoms with Crippen molar-refractivity contribution >= 4 is 27.6 Å². The highest BCUT2D eigenvalue weighted by Crippen LogP contribution is 2.27. The maximum Gasteiger partial charge on any atom is 0.240 e. The molecule has 0 aromatic heterocycles. The van der Waals surface area contributed by atoms with Gasteiger partial charge in [0.25, 0.3) is 0 Å². The van der Waals surface area contributed by atoms with Crippen molar-refractivity contribution in [2.75, 3.05) is 26.7 Å². The second-order valence-corrected chi connectivity index (χ2v) is 7.38. The second-order valence-electron chi connectivity index (χ2n) is 5.18. The topological polar surface area (TPSA) is 82.6 Å². The predicted molar refractivity (Wildman–Crippen MR) is 88.7 cm³/mol. The first-order valence-corrected chi connectivity index (χ1v) is 9.07. The molecular weight excluding hydrogens is 324 g/mol. The van der Waals surface area contributed by atoms with Gasteiger partial charge in [0.2, 0.25) is 10.0 Å². The van der Waals surface area contributed by atoms with Crippen molar-refractivity contribution in [3.63, 3.8) is 0 Å². The Bertz CT molecular complexity index is 629. The molecule has 1 saturated carbocycles. The Morgan fingerprint density at radius 3 is 2.73 bits per heavy atom. The van der Waals surface area contributed by atoms with E-state index in [9.17, 15) is 8.42 Å². The highest BCUT2D eigenvalue weighted by molar-refractivity contribution is 7.89. The van der Waals surface area contributed by atoms with E-state index in [4.69, 9.17) is 11.6 Å². The van der Waals surface area contributed by atoms with Crippen LogP contribution in [0.15, 0.2) is 34.2 Å². The Kier molecular flexibility index (Phi) is 6.05. The van der Waals surface area contributed by atoms with E-state index in [-0.39, 0.29) is 11.4 Å². The van der Waals surface area contributed by atoms with Gasteiger partial charge in [-0.1, -0.05) is 17.7 Å². The number of hydrogen-bond acceptors (Lipinski definition) is 3. The number of halogens is 1. The molecule has 0 unspecified atom stereocenters. The SMILES string of the molecule is CN=C(NCCNS(=O)(=O)c1cccc(Cl)c1)NCC1CC1. The van der Waals surface area contributed by atoms with E-state index < -0.39 is 10.0 Å². The Morgan fingerprint density at radius 2 is 2.09 bits per heavy atom. The molecule has 0 saturated heterocycles. The van der Waals surface area contributed by atoms with Crippen LogP contribution in [-0.2, 0) is 10.0 Å². The van der Waals surface area contributed by atoms with Crippen LogP contribution in [0.2, 0.25) is 5.02 Å². The van der Waals surface area contributed by atoms with Gasteiger partial charge in [-0.2, -0.15) is 0 Å². The summed E-state index contributed by atoms with van der Waals surface area (Å²) < 4.78 is 26.7. The summed E-state index contributed by atoms with van der Waals surface area (Å²) in [7, 11) is -1.85. The number of sulfonamides is 1. The first-order valence-electron chi connectivity index (χ1n) is 7.21. The van der Waals surface area contributed by atoms with Gasteiger partial charge in [-0.15, -0.1) is 0 Å². The molecule has 0 aliphatic heterocycles. The summed E-state index contributed by atoms with van der Waals surface area (Å²) in [4.78, 5) is 4.25. The summed E-state index contributed by atoms with van der Waals surface area (Å²) in [6.07, 6.45) is 2.53. The van der Waals surface area contributed by atoms with E-state index in [1.165, 1.54) is 25.0 Å². The van der Waals surface area contributed by atoms with Crippen LogP contribution in [0.5, 0.6) is 0 Å². The maximum absolute atomic E-state index is 12.1. The Hall–Kier alpha value is -1.31. The quantitative estimate of drug-likeness (QED) is 0.394. The molecular formula is C14H21ClN4O2S. The third kappa shape index (κ3) is 5.47. The smallest absolute Gasteiger partial charge is 0.240 e. The highest BCUT2D eigenvalue weighted by Gasteiger charge is 2.21. The van der Waals surface area contributed by atoms with Crippen molar-refractivity contribution in [2.24, 2.45) is 10.9 Å². The van der Waals surface area contributed by atoms with Crippen LogP contribution < -0.4 is 15.4 Å². The van der Waals surface area contributed by atoms with Gasteiger partial charge in [0.15, 0.2) is 5.96 Å². The monoisotopic (exact) mass is 344 g/mol. The molecule has 2 rings (SSSR count). The number of hydrogen-bond donors (Lipinski definition) is 3. The fraction of sp³-hybridized carbons (Fsp3) is 0.500. The van der Waals surface area contributed by atoms with Crippen molar-refractivity contribution in [1.82, 2.24) is 15.4 Å². The lowest BCUT2D eigenvalue weighted by Crippen LogP contribution is -2.42. The summed E-state index contributed by atoms with van der Waals surface area (Å²) in [6.45, 7) is 1.62. The third-order valence-corrected chi connectivity index (χ3v) is 4.99. The van der Waals surface area contributed by atoms with Crippen LogP contribution in [0.25, 0.3) is 0 Å². The molecule has 1 aromatic rings. The van der Waals surface area contributed by atoms with E-state index >= 15 is 0 Å². The normalized spacial score (nSPS) is 15.6. The van der Waals surface area contributed by atoms with Crippen molar-refractivity contribution in [3.8, 4) is 0 Å². The zero-order chi connectivity index (χ0) is 16.0. The molecule has 0 spiro atoms. The number of benzene rings is 1. The molecule has 3 N–H and O–H groups in total. The van der Waals surface area contributed by atoms with Crippen LogP contribution in [0.1, 0.15) is 12.8 Å². The summed E-state index contributed by atoms with van der Waals surface area (Å²) >= 11 is 5.81. The van der Waals surface area contributed by atoms with E-state index in [1.807, 2.05) is 0 Å². The Labute approximate surface area is 136 Å². The van der Waals surface area contributed by atoms with Gasteiger partial charge in [0.05, 0.1) is 4.90 Å². The van der Waals surface area contributed by atoms with E-state index in [2.05, 4.69) is 20.3 Å². The van der Waals surface area contributed by atoms with Crippen molar-refractivity contribution in [2.45, 2.75) is 17.7 Å². The minimum Gasteiger partial charge on any atom is -0.356 e. The molecule has 8 heteroatoms. The minimum absolute atomic E-state index is 0.163. The fourth-order valence-corrected chi connectivity index (χ4v) is 3.20. The van der Waals surface area contributed by atoms with Crippen LogP contribution in [-0.4, -0.2) is 41.1 Å². The summed E-state index contributed by atoms with van der Waals surface area (Å²) in [6, 6.07) is 6.18. The molecule has 122 valence electrons. The lowest BCUT2D eigenvalue weighted by molar-refractivity contribution is 0.580. The van der Waals surface area contributed by atoms with Crippen LogP contribution in [0, 0.1) is 5.92 Å². The zero-order valence-corrected chi connectivity index (χ0v) is 14.0. The molecule has 1 aliphatic rings. The highest BCUT2D eigenvalue weighted by atomic mass is 35.5. The Balaban J connectivity index is 1.74. The summed E-state index contributed by atoms with van der Waals surface area (Å²) in [5.41, 5.74) is 0. The van der Waals surface area contributed by atoms with Crippen LogP contribution in [0.3, 0.4) is 0 Å². The fourth-order valence-electron chi connectivity index (χ4n) is 1.87. The molecule has 0 atom stereocenters. The molecule has 0 heterocycles. The number of nitrogens with zero attached hydrogens (tertiary/aromatic N) is 1. The van der Waals surface area contributed by atoms with Crippen molar-refractivity contribution < 1.29 is 8.42 Å². The van der Waals surface area contributed by atoms with Gasteiger partial charge in [0.1, 0.15) is 0 Å².